The summed E-state index contributed by atoms with van der Waals surface area (Å²) in [4.78, 5) is 2.21. The lowest BCUT2D eigenvalue weighted by molar-refractivity contribution is 0.336. The van der Waals surface area contributed by atoms with Gasteiger partial charge >= 0.3 is 0 Å². The number of fused-ring (bicyclic) bond motifs is 1. The Labute approximate surface area is 140 Å². The molecule has 0 aromatic heterocycles. The zero-order valence-electron chi connectivity index (χ0n) is 14.8. The lowest BCUT2D eigenvalue weighted by Gasteiger charge is -2.32. The minimum absolute atomic E-state index is 0.290. The van der Waals surface area contributed by atoms with Gasteiger partial charge in [0, 0.05) is 0 Å². The van der Waals surface area contributed by atoms with Crippen molar-refractivity contribution < 1.29 is 0 Å². The fourth-order valence-corrected chi connectivity index (χ4v) is 3.43. The molecule has 0 aliphatic heterocycles. The molecule has 0 saturated carbocycles. The molecule has 0 saturated heterocycles. The summed E-state index contributed by atoms with van der Waals surface area (Å²) in [5, 5.41) is 12.5. The first-order valence-electron chi connectivity index (χ1n) is 8.55. The zero-order chi connectivity index (χ0) is 16.9. The normalized spacial score (nSPS) is 14.1. The number of nitriles is 1. The summed E-state index contributed by atoms with van der Waals surface area (Å²) < 4.78 is 0. The summed E-state index contributed by atoms with van der Waals surface area (Å²) in [6.07, 6.45) is 3.13. The van der Waals surface area contributed by atoms with Gasteiger partial charge in [0.2, 0.25) is 0 Å². The maximum absolute atomic E-state index is 10.1. The van der Waals surface area contributed by atoms with Crippen LogP contribution in [0.15, 0.2) is 42.5 Å². The first kappa shape index (κ1) is 17.5. The molecular weight excluding hydrogens is 280 g/mol. The van der Waals surface area contributed by atoms with E-state index < -0.39 is 5.41 Å². The fraction of sp³-hybridized carbons (Fsp3) is 0.476. The second-order valence-electron chi connectivity index (χ2n) is 7.02. The average Bonchev–Trinajstić information content (AvgIpc) is 2.54. The van der Waals surface area contributed by atoms with E-state index in [4.69, 9.17) is 0 Å². The van der Waals surface area contributed by atoms with E-state index in [1.54, 1.807) is 0 Å². The SMILES string of the molecule is CC(C)C(C#N)(CCCCN(C)C)c1cccc2ccccc12. The van der Waals surface area contributed by atoms with Crippen LogP contribution >= 0.6 is 0 Å². The number of benzene rings is 2. The van der Waals surface area contributed by atoms with E-state index >= 15 is 0 Å². The highest BCUT2D eigenvalue weighted by atomic mass is 15.0. The van der Waals surface area contributed by atoms with Gasteiger partial charge in [-0.1, -0.05) is 62.7 Å². The van der Waals surface area contributed by atoms with Crippen molar-refractivity contribution in [2.24, 2.45) is 5.92 Å². The van der Waals surface area contributed by atoms with E-state index in [1.807, 2.05) is 0 Å². The molecule has 23 heavy (non-hydrogen) atoms. The van der Waals surface area contributed by atoms with Gasteiger partial charge in [0.05, 0.1) is 11.5 Å². The van der Waals surface area contributed by atoms with Gasteiger partial charge < -0.3 is 4.90 Å². The van der Waals surface area contributed by atoms with Crippen molar-refractivity contribution in [1.82, 2.24) is 4.90 Å². The predicted octanol–water partition coefficient (Wildman–Crippen LogP) is 4.99. The van der Waals surface area contributed by atoms with E-state index in [9.17, 15) is 5.26 Å². The van der Waals surface area contributed by atoms with Crippen molar-refractivity contribution in [1.29, 1.82) is 5.26 Å². The van der Waals surface area contributed by atoms with E-state index in [-0.39, 0.29) is 5.92 Å². The van der Waals surface area contributed by atoms with Crippen LogP contribution < -0.4 is 0 Å². The highest BCUT2D eigenvalue weighted by molar-refractivity contribution is 5.87. The maximum Gasteiger partial charge on any atom is 0.0851 e. The van der Waals surface area contributed by atoms with Crippen LogP contribution in [-0.2, 0) is 5.41 Å². The van der Waals surface area contributed by atoms with E-state index in [2.05, 4.69) is 81.4 Å². The van der Waals surface area contributed by atoms with Crippen LogP contribution in [0.5, 0.6) is 0 Å². The summed E-state index contributed by atoms with van der Waals surface area (Å²) >= 11 is 0. The van der Waals surface area contributed by atoms with Gasteiger partial charge in [0.25, 0.3) is 0 Å². The maximum atomic E-state index is 10.1. The topological polar surface area (TPSA) is 27.0 Å². The summed E-state index contributed by atoms with van der Waals surface area (Å²) in [6, 6.07) is 17.5. The van der Waals surface area contributed by atoms with Crippen LogP contribution in [0, 0.1) is 17.2 Å². The van der Waals surface area contributed by atoms with Gasteiger partial charge in [-0.2, -0.15) is 5.26 Å². The third-order valence-corrected chi connectivity index (χ3v) is 4.88. The second kappa shape index (κ2) is 7.62. The quantitative estimate of drug-likeness (QED) is 0.674. The molecule has 0 bridgehead atoms. The number of nitrogens with zero attached hydrogens (tertiary/aromatic N) is 2. The molecule has 2 aromatic rings. The molecule has 0 spiro atoms. The minimum Gasteiger partial charge on any atom is -0.309 e. The summed E-state index contributed by atoms with van der Waals surface area (Å²) in [6.45, 7) is 5.43. The van der Waals surface area contributed by atoms with Crippen LogP contribution in [-0.4, -0.2) is 25.5 Å². The van der Waals surface area contributed by atoms with Crippen molar-refractivity contribution >= 4 is 10.8 Å². The molecule has 0 amide bonds. The molecule has 2 heteroatoms. The molecule has 1 atom stereocenters. The molecule has 2 aromatic carbocycles. The van der Waals surface area contributed by atoms with E-state index in [0.29, 0.717) is 0 Å². The molecule has 0 fully saturated rings. The minimum atomic E-state index is -0.410. The van der Waals surface area contributed by atoms with Crippen molar-refractivity contribution in [2.75, 3.05) is 20.6 Å². The molecule has 0 radical (unpaired) electrons. The Morgan fingerprint density at radius 3 is 2.39 bits per heavy atom. The standard InChI is InChI=1S/C21H28N2/c1-17(2)21(16-22,14-7-8-15-23(3)4)20-13-9-11-18-10-5-6-12-19(18)20/h5-6,9-13,17H,7-8,14-15H2,1-4H3. The van der Waals surface area contributed by atoms with Crippen molar-refractivity contribution in [3.63, 3.8) is 0 Å². The van der Waals surface area contributed by atoms with Gasteiger partial charge in [-0.25, -0.2) is 0 Å². The van der Waals surface area contributed by atoms with E-state index in [1.165, 1.54) is 16.3 Å². The Balaban J connectivity index is 2.39. The Bertz CT molecular complexity index is 676. The smallest absolute Gasteiger partial charge is 0.0851 e. The van der Waals surface area contributed by atoms with Crippen LogP contribution in [0.1, 0.15) is 38.7 Å². The second-order valence-corrected chi connectivity index (χ2v) is 7.02. The van der Waals surface area contributed by atoms with Crippen LogP contribution in [0.3, 0.4) is 0 Å². The number of rotatable bonds is 7. The number of hydrogen-bond acceptors (Lipinski definition) is 2. The first-order valence-corrected chi connectivity index (χ1v) is 8.55. The van der Waals surface area contributed by atoms with Gasteiger partial charge in [-0.3, -0.25) is 0 Å². The molecule has 0 aliphatic rings. The molecule has 0 N–H and O–H groups in total. The number of hydrogen-bond donors (Lipinski definition) is 0. The third kappa shape index (κ3) is 3.74. The Morgan fingerprint density at radius 1 is 1.04 bits per heavy atom. The molecule has 122 valence electrons. The van der Waals surface area contributed by atoms with Crippen molar-refractivity contribution in [2.45, 2.75) is 38.5 Å². The van der Waals surface area contributed by atoms with Crippen LogP contribution in [0.4, 0.5) is 0 Å². The number of unbranched alkanes of at least 4 members (excludes halogenated alkanes) is 1. The Kier molecular flexibility index (Phi) is 5.80. The van der Waals surface area contributed by atoms with Crippen LogP contribution in [0.25, 0.3) is 10.8 Å². The highest BCUT2D eigenvalue weighted by Gasteiger charge is 2.36. The zero-order valence-corrected chi connectivity index (χ0v) is 14.8. The summed E-state index contributed by atoms with van der Waals surface area (Å²) in [7, 11) is 4.20. The third-order valence-electron chi connectivity index (χ3n) is 4.88. The predicted molar refractivity (Wildman–Crippen MR) is 98.5 cm³/mol. The van der Waals surface area contributed by atoms with Gasteiger partial charge in [0.15, 0.2) is 0 Å². The summed E-state index contributed by atoms with van der Waals surface area (Å²) in [5.41, 5.74) is 0.783. The molecule has 0 aliphatic carbocycles. The monoisotopic (exact) mass is 308 g/mol. The lowest BCUT2D eigenvalue weighted by atomic mass is 9.68. The summed E-state index contributed by atoms with van der Waals surface area (Å²) in [5.74, 6) is 0.290. The lowest BCUT2D eigenvalue weighted by Crippen LogP contribution is -2.31. The highest BCUT2D eigenvalue weighted by Crippen LogP contribution is 2.40. The van der Waals surface area contributed by atoms with E-state index in [0.717, 1.165) is 25.8 Å². The molecule has 1 unspecified atom stereocenters. The largest absolute Gasteiger partial charge is 0.309 e. The van der Waals surface area contributed by atoms with Crippen molar-refractivity contribution in [3.8, 4) is 6.07 Å². The van der Waals surface area contributed by atoms with Gasteiger partial charge in [-0.05, 0) is 55.7 Å². The first-order chi connectivity index (χ1) is 11.0. The van der Waals surface area contributed by atoms with Crippen molar-refractivity contribution in [3.05, 3.63) is 48.0 Å². The average molecular weight is 308 g/mol. The molecule has 2 rings (SSSR count). The fourth-order valence-electron chi connectivity index (χ4n) is 3.43. The molecule has 0 heterocycles. The van der Waals surface area contributed by atoms with Gasteiger partial charge in [-0.15, -0.1) is 0 Å². The van der Waals surface area contributed by atoms with Crippen LogP contribution in [0.2, 0.25) is 0 Å². The Morgan fingerprint density at radius 2 is 1.74 bits per heavy atom. The van der Waals surface area contributed by atoms with Gasteiger partial charge in [0.1, 0.15) is 0 Å². The Hall–Kier alpha value is -1.85. The molecule has 2 nitrogen and oxygen atoms in total. The molecular formula is C21H28N2.